The lowest BCUT2D eigenvalue weighted by Gasteiger charge is -2.43. The van der Waals surface area contributed by atoms with Crippen LogP contribution in [0.4, 0.5) is 5.69 Å². The first kappa shape index (κ1) is 18.7. The summed E-state index contributed by atoms with van der Waals surface area (Å²) in [4.78, 5) is 13.4. The Morgan fingerprint density at radius 3 is 2.66 bits per heavy atom. The average molecular weight is 427 g/mol. The predicted octanol–water partition coefficient (Wildman–Crippen LogP) is 4.05. The van der Waals surface area contributed by atoms with Crippen LogP contribution in [0, 0.1) is 0 Å². The molecule has 0 unspecified atom stereocenters. The molecule has 7 nitrogen and oxygen atoms in total. The fourth-order valence-electron chi connectivity index (χ4n) is 4.83. The van der Waals surface area contributed by atoms with Crippen LogP contribution in [0.3, 0.4) is 0 Å². The monoisotopic (exact) mass is 427 g/mol. The van der Waals surface area contributed by atoms with Crippen molar-refractivity contribution in [1.29, 1.82) is 0 Å². The Morgan fingerprint density at radius 2 is 1.81 bits per heavy atom. The molecule has 0 saturated heterocycles. The molecule has 1 amide bonds. The summed E-state index contributed by atoms with van der Waals surface area (Å²) in [5.74, 6) is 1.74. The van der Waals surface area contributed by atoms with Crippen molar-refractivity contribution in [3.63, 3.8) is 0 Å². The Kier molecular flexibility index (Phi) is 3.95. The average Bonchev–Trinajstić information content (AvgIpc) is 3.40. The van der Waals surface area contributed by atoms with E-state index in [1.165, 1.54) is 0 Å². The molecule has 0 fully saturated rings. The molecule has 160 valence electrons. The quantitative estimate of drug-likeness (QED) is 0.683. The van der Waals surface area contributed by atoms with Gasteiger partial charge in [-0.3, -0.25) is 4.79 Å². The topological polar surface area (TPSA) is 72.4 Å². The van der Waals surface area contributed by atoms with Crippen LogP contribution >= 0.6 is 0 Å². The Labute approximate surface area is 185 Å². The number of methoxy groups -OCH3 is 2. The van der Waals surface area contributed by atoms with E-state index in [4.69, 9.17) is 19.3 Å². The third-order valence-corrected chi connectivity index (χ3v) is 6.33. The van der Waals surface area contributed by atoms with Crippen LogP contribution in [0.25, 0.3) is 0 Å². The minimum absolute atomic E-state index is 0.139. The van der Waals surface area contributed by atoms with Crippen molar-refractivity contribution >= 4 is 17.3 Å². The molecule has 0 bridgehead atoms. The Balaban J connectivity index is 1.53. The number of fused-ring (bicyclic) bond motifs is 6. The smallest absolute Gasteiger partial charge is 0.306 e. The maximum atomic E-state index is 13.4. The van der Waals surface area contributed by atoms with Gasteiger partial charge in [0.25, 0.3) is 5.91 Å². The predicted molar refractivity (Wildman–Crippen MR) is 119 cm³/mol. The standard InChI is InChI=1S/C25H21N3O4/c1-30-22-12-11-15(13-23(22)31-2)19-14-20-16-7-3-6-10-21(16)32-25(28(20)27-19)17-8-4-5-9-18(17)26-24(25)29/h3-13,20H,14H2,1-2H3,(H,26,29)/t20-,25+/m0/s1. The van der Waals surface area contributed by atoms with Crippen LogP contribution in [0.15, 0.2) is 71.8 Å². The van der Waals surface area contributed by atoms with Gasteiger partial charge in [-0.15, -0.1) is 0 Å². The number of hydrogen-bond donors (Lipinski definition) is 1. The maximum absolute atomic E-state index is 13.4. The number of hydrazone groups is 1. The number of anilines is 1. The number of rotatable bonds is 3. The normalized spacial score (nSPS) is 22.4. The first-order valence-electron chi connectivity index (χ1n) is 10.4. The lowest BCUT2D eigenvalue weighted by molar-refractivity contribution is -0.161. The molecule has 3 aliphatic rings. The van der Waals surface area contributed by atoms with Crippen molar-refractivity contribution in [2.75, 3.05) is 19.5 Å². The van der Waals surface area contributed by atoms with Gasteiger partial charge in [0.1, 0.15) is 5.75 Å². The molecule has 7 heteroatoms. The van der Waals surface area contributed by atoms with Gasteiger partial charge in [0.15, 0.2) is 11.5 Å². The van der Waals surface area contributed by atoms with Crippen molar-refractivity contribution in [2.45, 2.75) is 18.2 Å². The number of ether oxygens (including phenoxy) is 3. The van der Waals surface area contributed by atoms with E-state index < -0.39 is 5.72 Å². The van der Waals surface area contributed by atoms with Gasteiger partial charge < -0.3 is 19.5 Å². The Morgan fingerprint density at radius 1 is 1.03 bits per heavy atom. The van der Waals surface area contributed by atoms with Crippen molar-refractivity contribution < 1.29 is 19.0 Å². The number of nitrogens with one attached hydrogen (secondary N) is 1. The number of carbonyl (C=O) groups excluding carboxylic acids is 1. The molecule has 0 saturated carbocycles. The lowest BCUT2D eigenvalue weighted by Crippen LogP contribution is -2.55. The molecule has 32 heavy (non-hydrogen) atoms. The summed E-state index contributed by atoms with van der Waals surface area (Å²) in [6.45, 7) is 0. The number of carbonyl (C=O) groups is 1. The molecule has 0 radical (unpaired) electrons. The first-order valence-corrected chi connectivity index (χ1v) is 10.4. The summed E-state index contributed by atoms with van der Waals surface area (Å²) >= 11 is 0. The van der Waals surface area contributed by atoms with Crippen molar-refractivity contribution in [3.05, 3.63) is 83.4 Å². The van der Waals surface area contributed by atoms with Gasteiger partial charge in [0.2, 0.25) is 0 Å². The highest BCUT2D eigenvalue weighted by atomic mass is 16.5. The van der Waals surface area contributed by atoms with Gasteiger partial charge in [-0.25, -0.2) is 5.01 Å². The maximum Gasteiger partial charge on any atom is 0.306 e. The molecule has 3 aliphatic heterocycles. The van der Waals surface area contributed by atoms with Crippen LogP contribution in [0.5, 0.6) is 17.2 Å². The highest BCUT2D eigenvalue weighted by Gasteiger charge is 2.60. The third-order valence-electron chi connectivity index (χ3n) is 6.33. The summed E-state index contributed by atoms with van der Waals surface area (Å²) < 4.78 is 17.3. The van der Waals surface area contributed by atoms with E-state index in [2.05, 4.69) is 5.32 Å². The van der Waals surface area contributed by atoms with Crippen LogP contribution < -0.4 is 19.5 Å². The summed E-state index contributed by atoms with van der Waals surface area (Å²) in [6.07, 6.45) is 0.632. The second-order valence-electron chi connectivity index (χ2n) is 7.96. The minimum Gasteiger partial charge on any atom is -0.493 e. The molecule has 1 spiro atoms. The molecule has 2 atom stereocenters. The van der Waals surface area contributed by atoms with Gasteiger partial charge in [-0.1, -0.05) is 36.4 Å². The highest BCUT2D eigenvalue weighted by molar-refractivity contribution is 6.07. The summed E-state index contributed by atoms with van der Waals surface area (Å²) in [5.41, 5.74) is 2.93. The number of amides is 1. The van der Waals surface area contributed by atoms with Gasteiger partial charge in [0, 0.05) is 17.5 Å². The summed E-state index contributed by atoms with van der Waals surface area (Å²) in [6, 6.07) is 21.1. The molecule has 6 rings (SSSR count). The fourth-order valence-corrected chi connectivity index (χ4v) is 4.83. The zero-order valence-corrected chi connectivity index (χ0v) is 17.7. The second kappa shape index (κ2) is 6.75. The van der Waals surface area contributed by atoms with Crippen LogP contribution in [-0.4, -0.2) is 30.8 Å². The number of benzene rings is 3. The molecule has 0 aromatic heterocycles. The van der Waals surface area contributed by atoms with Gasteiger partial charge in [-0.2, -0.15) is 5.10 Å². The van der Waals surface area contributed by atoms with Gasteiger partial charge in [0.05, 0.1) is 37.2 Å². The minimum atomic E-state index is -1.35. The van der Waals surface area contributed by atoms with Crippen molar-refractivity contribution in [1.82, 2.24) is 5.01 Å². The van der Waals surface area contributed by atoms with E-state index in [1.807, 2.05) is 71.7 Å². The van der Waals surface area contributed by atoms with E-state index in [1.54, 1.807) is 14.2 Å². The number of nitrogens with zero attached hydrogens (tertiary/aromatic N) is 2. The van der Waals surface area contributed by atoms with Gasteiger partial charge in [-0.05, 0) is 30.3 Å². The Hall–Kier alpha value is -4.00. The zero-order chi connectivity index (χ0) is 21.9. The summed E-state index contributed by atoms with van der Waals surface area (Å²) in [5, 5.41) is 9.76. The van der Waals surface area contributed by atoms with Crippen molar-refractivity contribution in [3.8, 4) is 17.2 Å². The number of para-hydroxylation sites is 2. The van der Waals surface area contributed by atoms with Crippen LogP contribution in [0.2, 0.25) is 0 Å². The summed E-state index contributed by atoms with van der Waals surface area (Å²) in [7, 11) is 3.22. The van der Waals surface area contributed by atoms with E-state index in [9.17, 15) is 4.79 Å². The van der Waals surface area contributed by atoms with E-state index >= 15 is 0 Å². The van der Waals surface area contributed by atoms with Crippen LogP contribution in [0.1, 0.15) is 29.2 Å². The van der Waals surface area contributed by atoms with E-state index in [-0.39, 0.29) is 11.9 Å². The molecule has 3 heterocycles. The largest absolute Gasteiger partial charge is 0.493 e. The molecular weight excluding hydrogens is 406 g/mol. The zero-order valence-electron chi connectivity index (χ0n) is 17.7. The highest BCUT2D eigenvalue weighted by Crippen LogP contribution is 2.54. The molecular formula is C25H21N3O4. The number of hydrogen-bond acceptors (Lipinski definition) is 6. The molecule has 3 aromatic rings. The second-order valence-corrected chi connectivity index (χ2v) is 7.96. The lowest BCUT2D eigenvalue weighted by atomic mass is 9.92. The molecule has 0 aliphatic carbocycles. The third kappa shape index (κ3) is 2.42. The molecule has 1 N–H and O–H groups in total. The SMILES string of the molecule is COc1ccc(C2=NN3[C@@H](C2)c2ccccc2O[C@]32C(=O)Nc3ccccc32)cc1OC. The Bertz CT molecular complexity index is 1290. The van der Waals surface area contributed by atoms with Gasteiger partial charge >= 0.3 is 5.72 Å². The van der Waals surface area contributed by atoms with E-state index in [0.29, 0.717) is 23.7 Å². The van der Waals surface area contributed by atoms with Crippen molar-refractivity contribution in [2.24, 2.45) is 5.10 Å². The van der Waals surface area contributed by atoms with Crippen LogP contribution in [-0.2, 0) is 10.5 Å². The molecule has 3 aromatic carbocycles. The fraction of sp³-hybridized carbons (Fsp3) is 0.200. The first-order chi connectivity index (χ1) is 15.7. The van der Waals surface area contributed by atoms with E-state index in [0.717, 1.165) is 28.1 Å².